The van der Waals surface area contributed by atoms with Gasteiger partial charge >= 0.3 is 0 Å². The summed E-state index contributed by atoms with van der Waals surface area (Å²) in [7, 11) is 0. The number of aryl methyl sites for hydroxylation is 1. The van der Waals surface area contributed by atoms with E-state index in [1.807, 2.05) is 18.3 Å². The molecule has 4 aromatic rings. The quantitative estimate of drug-likeness (QED) is 0.459. The number of anilines is 1. The van der Waals surface area contributed by atoms with Crippen LogP contribution >= 0.6 is 0 Å². The highest BCUT2D eigenvalue weighted by atomic mass is 15.3. The molecule has 0 spiro atoms. The number of para-hydroxylation sites is 1. The van der Waals surface area contributed by atoms with E-state index in [1.165, 1.54) is 22.4 Å². The lowest BCUT2D eigenvalue weighted by molar-refractivity contribution is 0.248. The number of piperazine rings is 1. The van der Waals surface area contributed by atoms with Crippen molar-refractivity contribution in [2.45, 2.75) is 20.4 Å². The third-order valence-corrected chi connectivity index (χ3v) is 6.37. The van der Waals surface area contributed by atoms with Gasteiger partial charge in [-0.2, -0.15) is 5.10 Å². The van der Waals surface area contributed by atoms with E-state index in [9.17, 15) is 0 Å². The molecule has 0 saturated carbocycles. The second-order valence-corrected chi connectivity index (χ2v) is 8.40. The molecule has 2 aromatic carbocycles. The van der Waals surface area contributed by atoms with E-state index in [0.717, 1.165) is 49.9 Å². The number of rotatable bonds is 5. The van der Waals surface area contributed by atoms with Crippen molar-refractivity contribution in [1.82, 2.24) is 19.7 Å². The molecule has 0 radical (unpaired) electrons. The van der Waals surface area contributed by atoms with Crippen molar-refractivity contribution in [2.75, 3.05) is 31.1 Å². The Labute approximate surface area is 189 Å². The molecule has 5 nitrogen and oxygen atoms in total. The zero-order valence-electron chi connectivity index (χ0n) is 18.8. The predicted molar refractivity (Wildman–Crippen MR) is 130 cm³/mol. The predicted octanol–water partition coefficient (Wildman–Crippen LogP) is 4.87. The lowest BCUT2D eigenvalue weighted by Crippen LogP contribution is -2.46. The highest BCUT2D eigenvalue weighted by molar-refractivity contribution is 5.75. The van der Waals surface area contributed by atoms with Gasteiger partial charge in [-0.05, 0) is 43.7 Å². The van der Waals surface area contributed by atoms with Crippen molar-refractivity contribution in [3.63, 3.8) is 0 Å². The molecule has 1 fully saturated rings. The van der Waals surface area contributed by atoms with Crippen LogP contribution in [0.4, 0.5) is 5.82 Å². The van der Waals surface area contributed by atoms with Gasteiger partial charge in [-0.1, -0.05) is 48.5 Å². The van der Waals surface area contributed by atoms with Gasteiger partial charge in [-0.25, -0.2) is 9.67 Å². The van der Waals surface area contributed by atoms with Crippen molar-refractivity contribution >= 4 is 5.82 Å². The van der Waals surface area contributed by atoms with Crippen LogP contribution in [-0.2, 0) is 6.54 Å². The zero-order chi connectivity index (χ0) is 21.9. The lowest BCUT2D eigenvalue weighted by atomic mass is 10.1. The molecule has 0 N–H and O–H groups in total. The minimum absolute atomic E-state index is 0.937. The lowest BCUT2D eigenvalue weighted by Gasteiger charge is -2.36. The van der Waals surface area contributed by atoms with Crippen LogP contribution in [0, 0.1) is 13.8 Å². The molecule has 2 aromatic heterocycles. The summed E-state index contributed by atoms with van der Waals surface area (Å²) in [5.74, 6) is 1.09. The van der Waals surface area contributed by atoms with E-state index >= 15 is 0 Å². The largest absolute Gasteiger partial charge is 0.354 e. The number of pyridine rings is 1. The summed E-state index contributed by atoms with van der Waals surface area (Å²) in [5.41, 5.74) is 7.23. The summed E-state index contributed by atoms with van der Waals surface area (Å²) >= 11 is 0. The maximum Gasteiger partial charge on any atom is 0.136 e. The van der Waals surface area contributed by atoms with E-state index in [4.69, 9.17) is 10.1 Å². The van der Waals surface area contributed by atoms with E-state index in [0.29, 0.717) is 0 Å². The first-order valence-electron chi connectivity index (χ1n) is 11.3. The average molecular weight is 424 g/mol. The summed E-state index contributed by atoms with van der Waals surface area (Å²) in [4.78, 5) is 9.71. The van der Waals surface area contributed by atoms with Crippen LogP contribution in [0.25, 0.3) is 16.8 Å². The van der Waals surface area contributed by atoms with Crippen LogP contribution in [0.5, 0.6) is 0 Å². The number of hydrogen-bond donors (Lipinski definition) is 0. The second-order valence-electron chi connectivity index (χ2n) is 8.40. The molecule has 5 heteroatoms. The fraction of sp³-hybridized carbons (Fsp3) is 0.259. The highest BCUT2D eigenvalue weighted by Gasteiger charge is 2.23. The Morgan fingerprint density at radius 3 is 2.19 bits per heavy atom. The molecule has 162 valence electrons. The van der Waals surface area contributed by atoms with E-state index in [1.54, 1.807) is 0 Å². The Hall–Kier alpha value is -3.44. The summed E-state index contributed by atoms with van der Waals surface area (Å²) < 4.78 is 2.07. The van der Waals surface area contributed by atoms with Crippen LogP contribution < -0.4 is 4.90 Å². The van der Waals surface area contributed by atoms with E-state index in [2.05, 4.69) is 89.0 Å². The van der Waals surface area contributed by atoms with Crippen LogP contribution in [0.15, 0.2) is 79.0 Å². The smallest absolute Gasteiger partial charge is 0.136 e. The minimum Gasteiger partial charge on any atom is -0.354 e. The molecule has 3 heterocycles. The first kappa shape index (κ1) is 20.5. The summed E-state index contributed by atoms with van der Waals surface area (Å²) in [6.07, 6.45) is 1.90. The Morgan fingerprint density at radius 2 is 1.47 bits per heavy atom. The van der Waals surface area contributed by atoms with Crippen LogP contribution in [0.3, 0.4) is 0 Å². The first-order chi connectivity index (χ1) is 15.7. The third kappa shape index (κ3) is 4.04. The summed E-state index contributed by atoms with van der Waals surface area (Å²) in [5, 5.41) is 4.82. The molecule has 0 unspecified atom stereocenters. The number of nitrogens with zero attached hydrogens (tertiary/aromatic N) is 5. The van der Waals surface area contributed by atoms with Gasteiger partial charge in [0.25, 0.3) is 0 Å². The Bertz CT molecular complexity index is 1180. The topological polar surface area (TPSA) is 37.2 Å². The Morgan fingerprint density at radius 1 is 0.781 bits per heavy atom. The Kier molecular flexibility index (Phi) is 5.73. The third-order valence-electron chi connectivity index (χ3n) is 6.37. The van der Waals surface area contributed by atoms with Gasteiger partial charge in [-0.3, -0.25) is 4.90 Å². The van der Waals surface area contributed by atoms with Gasteiger partial charge < -0.3 is 4.90 Å². The molecule has 0 amide bonds. The fourth-order valence-electron chi connectivity index (χ4n) is 4.56. The molecular formula is C27H29N5. The molecule has 0 atom stereocenters. The molecule has 1 aliphatic heterocycles. The zero-order valence-corrected chi connectivity index (χ0v) is 18.8. The molecule has 5 rings (SSSR count). The van der Waals surface area contributed by atoms with Crippen molar-refractivity contribution in [3.8, 4) is 16.8 Å². The van der Waals surface area contributed by atoms with E-state index in [-0.39, 0.29) is 0 Å². The Balaban J connectivity index is 1.30. The van der Waals surface area contributed by atoms with Crippen LogP contribution in [0.1, 0.15) is 17.0 Å². The van der Waals surface area contributed by atoms with Crippen molar-refractivity contribution in [1.29, 1.82) is 0 Å². The molecule has 1 aliphatic rings. The normalized spacial score (nSPS) is 14.6. The maximum atomic E-state index is 4.82. The number of benzene rings is 2. The maximum absolute atomic E-state index is 4.82. The van der Waals surface area contributed by atoms with Crippen LogP contribution in [0.2, 0.25) is 0 Å². The van der Waals surface area contributed by atoms with Crippen molar-refractivity contribution < 1.29 is 0 Å². The monoisotopic (exact) mass is 423 g/mol. The number of aromatic nitrogens is 3. The molecule has 1 saturated heterocycles. The van der Waals surface area contributed by atoms with Gasteiger partial charge in [-0.15, -0.1) is 0 Å². The van der Waals surface area contributed by atoms with Crippen molar-refractivity contribution in [3.05, 3.63) is 95.9 Å². The molecule has 0 bridgehead atoms. The summed E-state index contributed by atoms with van der Waals surface area (Å²) in [6, 6.07) is 25.1. The highest BCUT2D eigenvalue weighted by Crippen LogP contribution is 2.29. The minimum atomic E-state index is 0.937. The molecular weight excluding hydrogens is 394 g/mol. The van der Waals surface area contributed by atoms with Gasteiger partial charge in [0, 0.05) is 55.7 Å². The standard InChI is InChI=1S/C27H29N5/c1-21-26(22(2)32(29-21)24-12-7-4-8-13-24)20-30-16-18-31(19-17-30)27-25(14-9-15-28-27)23-10-5-3-6-11-23/h3-15H,16-20H2,1-2H3. The van der Waals surface area contributed by atoms with Crippen molar-refractivity contribution in [2.24, 2.45) is 0 Å². The van der Waals surface area contributed by atoms with E-state index < -0.39 is 0 Å². The van der Waals surface area contributed by atoms with Gasteiger partial charge in [0.2, 0.25) is 0 Å². The van der Waals surface area contributed by atoms with Gasteiger partial charge in [0.15, 0.2) is 0 Å². The summed E-state index contributed by atoms with van der Waals surface area (Å²) in [6.45, 7) is 9.21. The van der Waals surface area contributed by atoms with Gasteiger partial charge in [0.1, 0.15) is 5.82 Å². The fourth-order valence-corrected chi connectivity index (χ4v) is 4.56. The molecule has 32 heavy (non-hydrogen) atoms. The second kappa shape index (κ2) is 8.97. The average Bonchev–Trinajstić information content (AvgIpc) is 3.14. The molecule has 0 aliphatic carbocycles. The van der Waals surface area contributed by atoms with Crippen LogP contribution in [-0.4, -0.2) is 45.8 Å². The number of hydrogen-bond acceptors (Lipinski definition) is 4. The first-order valence-corrected chi connectivity index (χ1v) is 11.3. The van der Waals surface area contributed by atoms with Gasteiger partial charge in [0.05, 0.1) is 11.4 Å². The SMILES string of the molecule is Cc1nn(-c2ccccc2)c(C)c1CN1CCN(c2ncccc2-c2ccccc2)CC1.